The van der Waals surface area contributed by atoms with Crippen LogP contribution in [-0.4, -0.2) is 43.9 Å². The number of benzene rings is 2. The van der Waals surface area contributed by atoms with E-state index in [0.717, 1.165) is 47.2 Å². The lowest BCUT2D eigenvalue weighted by atomic mass is 9.92. The maximum atomic E-state index is 12.1. The van der Waals surface area contributed by atoms with E-state index in [0.29, 0.717) is 36.1 Å². The molecule has 1 saturated carbocycles. The highest BCUT2D eigenvalue weighted by molar-refractivity contribution is 5.96. The highest BCUT2D eigenvalue weighted by Crippen LogP contribution is 2.43. The molecule has 3 N–H and O–H groups in total. The summed E-state index contributed by atoms with van der Waals surface area (Å²) in [5.41, 5.74) is 4.21. The van der Waals surface area contributed by atoms with Crippen molar-refractivity contribution in [1.82, 2.24) is 30.5 Å². The van der Waals surface area contributed by atoms with Crippen LogP contribution in [0.15, 0.2) is 42.5 Å². The van der Waals surface area contributed by atoms with Gasteiger partial charge in [0.1, 0.15) is 11.8 Å². The Morgan fingerprint density at radius 1 is 1.24 bits per heavy atom. The van der Waals surface area contributed by atoms with Gasteiger partial charge in [-0.3, -0.25) is 0 Å². The van der Waals surface area contributed by atoms with Gasteiger partial charge < -0.3 is 19.9 Å². The molecular weight excluding hydrogens is 468 g/mol. The first-order chi connectivity index (χ1) is 18.0. The fourth-order valence-electron chi connectivity index (χ4n) is 4.65. The van der Waals surface area contributed by atoms with Gasteiger partial charge in [-0.15, -0.1) is 10.2 Å². The van der Waals surface area contributed by atoms with Crippen molar-refractivity contribution in [2.24, 2.45) is 0 Å². The van der Waals surface area contributed by atoms with E-state index in [1.807, 2.05) is 56.3 Å². The molecule has 1 fully saturated rings. The molecule has 2 heterocycles. The third-order valence-corrected chi connectivity index (χ3v) is 6.57. The Hall–Kier alpha value is -4.39. The summed E-state index contributed by atoms with van der Waals surface area (Å²) < 4.78 is 8.34. The Labute approximate surface area is 215 Å². The Kier molecular flexibility index (Phi) is 7.03. The molecule has 10 heteroatoms. The number of carbonyl (C=O) groups excluding carboxylic acids is 1. The number of hydrogen-bond acceptors (Lipinski definition) is 6. The molecular formula is C27H30N8O2. The zero-order valence-electron chi connectivity index (χ0n) is 21.0. The highest BCUT2D eigenvalue weighted by Gasteiger charge is 2.28. The predicted octanol–water partition coefficient (Wildman–Crippen LogP) is 4.96. The molecule has 0 atom stereocenters. The number of ether oxygens (including phenoxy) is 1. The molecule has 0 saturated heterocycles. The number of nitrogens with one attached hydrogen (secondary N) is 3. The smallest absolute Gasteiger partial charge is 0.319 e. The lowest BCUT2D eigenvalue weighted by molar-refractivity contribution is 0.250. The molecule has 0 aliphatic heterocycles. The number of urea groups is 1. The van der Waals surface area contributed by atoms with Crippen LogP contribution in [0, 0.1) is 11.3 Å². The minimum atomic E-state index is -0.242. The summed E-state index contributed by atoms with van der Waals surface area (Å²) in [5.74, 6) is 1.44. The molecule has 5 rings (SSSR count). The minimum absolute atomic E-state index is 0.0509. The summed E-state index contributed by atoms with van der Waals surface area (Å²) in [5, 5.41) is 30.7. The molecule has 0 unspecified atom stereocenters. The number of nitrogens with zero attached hydrogens (tertiary/aromatic N) is 5. The van der Waals surface area contributed by atoms with Crippen molar-refractivity contribution in [2.45, 2.75) is 58.0 Å². The molecule has 1 aliphatic carbocycles. The Bertz CT molecular complexity index is 1410. The van der Waals surface area contributed by atoms with Crippen LogP contribution < -0.4 is 15.4 Å². The lowest BCUT2D eigenvalue weighted by Crippen LogP contribution is -2.34. The van der Waals surface area contributed by atoms with Crippen LogP contribution in [0.2, 0.25) is 0 Å². The van der Waals surface area contributed by atoms with E-state index in [1.165, 1.54) is 6.42 Å². The maximum Gasteiger partial charge on any atom is 0.319 e. The van der Waals surface area contributed by atoms with E-state index >= 15 is 0 Å². The van der Waals surface area contributed by atoms with Gasteiger partial charge in [0.2, 0.25) is 0 Å². The van der Waals surface area contributed by atoms with Crippen LogP contribution in [0.25, 0.3) is 22.2 Å². The quantitative estimate of drug-likeness (QED) is 0.279. The van der Waals surface area contributed by atoms with Crippen LogP contribution in [-0.2, 0) is 6.42 Å². The average molecular weight is 499 g/mol. The number of anilines is 1. The standard InChI is InChI=1S/C27H30N8O2/c1-17(2)29-27(36)30-19-10-8-18(9-11-19)26-23(16-28)22-13-12-21(15-24(22)35(26)20-5-3-6-20)37-14-4-7-25-31-33-34-32-25/h8-13,15,17,20H,3-7,14H2,1-2H3,(H2,29,30,36)(H,31,32,33,34). The van der Waals surface area contributed by atoms with Gasteiger partial charge in [-0.2, -0.15) is 10.5 Å². The second-order valence-corrected chi connectivity index (χ2v) is 9.58. The zero-order valence-corrected chi connectivity index (χ0v) is 21.0. The number of aryl methyl sites for hydroxylation is 1. The summed E-state index contributed by atoms with van der Waals surface area (Å²) in [6.45, 7) is 4.36. The van der Waals surface area contributed by atoms with E-state index in [-0.39, 0.29) is 12.1 Å². The van der Waals surface area contributed by atoms with Crippen molar-refractivity contribution in [3.63, 3.8) is 0 Å². The molecule has 190 valence electrons. The van der Waals surface area contributed by atoms with Crippen molar-refractivity contribution < 1.29 is 9.53 Å². The number of amides is 2. The van der Waals surface area contributed by atoms with Crippen LogP contribution in [0.3, 0.4) is 0 Å². The van der Waals surface area contributed by atoms with Crippen molar-refractivity contribution >= 4 is 22.6 Å². The van der Waals surface area contributed by atoms with Gasteiger partial charge in [-0.05, 0) is 69.4 Å². The van der Waals surface area contributed by atoms with Crippen LogP contribution in [0.1, 0.15) is 57.0 Å². The summed E-state index contributed by atoms with van der Waals surface area (Å²) in [6, 6.07) is 16.2. The number of hydrogen-bond donors (Lipinski definition) is 3. The van der Waals surface area contributed by atoms with E-state index in [2.05, 4.69) is 41.9 Å². The molecule has 0 spiro atoms. The molecule has 1 aliphatic rings. The van der Waals surface area contributed by atoms with Crippen LogP contribution in [0.5, 0.6) is 5.75 Å². The number of tetrazole rings is 1. The van der Waals surface area contributed by atoms with Crippen molar-refractivity contribution in [3.05, 3.63) is 53.9 Å². The van der Waals surface area contributed by atoms with Crippen molar-refractivity contribution in [3.8, 4) is 23.1 Å². The van der Waals surface area contributed by atoms with Crippen LogP contribution >= 0.6 is 0 Å². The van der Waals surface area contributed by atoms with E-state index < -0.39 is 0 Å². The monoisotopic (exact) mass is 498 g/mol. The van der Waals surface area contributed by atoms with Crippen molar-refractivity contribution in [1.29, 1.82) is 5.26 Å². The summed E-state index contributed by atoms with van der Waals surface area (Å²) in [4.78, 5) is 12.1. The number of aromatic amines is 1. The fourth-order valence-corrected chi connectivity index (χ4v) is 4.65. The highest BCUT2D eigenvalue weighted by atomic mass is 16.5. The Balaban J connectivity index is 1.43. The Morgan fingerprint density at radius 2 is 2.05 bits per heavy atom. The lowest BCUT2D eigenvalue weighted by Gasteiger charge is -2.30. The fraction of sp³-hybridized carbons (Fsp3) is 0.370. The van der Waals surface area contributed by atoms with Gasteiger partial charge in [-0.25, -0.2) is 4.79 Å². The van der Waals surface area contributed by atoms with Crippen molar-refractivity contribution in [2.75, 3.05) is 11.9 Å². The maximum absolute atomic E-state index is 12.1. The second kappa shape index (κ2) is 10.7. The molecule has 4 aromatic rings. The number of fused-ring (bicyclic) bond motifs is 1. The molecule has 2 amide bonds. The number of aromatic nitrogens is 5. The number of rotatable bonds is 9. The summed E-state index contributed by atoms with van der Waals surface area (Å²) >= 11 is 0. The molecule has 37 heavy (non-hydrogen) atoms. The first-order valence-corrected chi connectivity index (χ1v) is 12.6. The SMILES string of the molecule is CC(C)NC(=O)Nc1ccc(-c2c(C#N)c3ccc(OCCCc4nn[nH]n4)cc3n2C2CCC2)cc1. The normalized spacial score (nSPS) is 13.4. The Morgan fingerprint density at radius 3 is 2.70 bits per heavy atom. The molecule has 2 aromatic carbocycles. The average Bonchev–Trinajstić information content (AvgIpc) is 3.47. The molecule has 2 aromatic heterocycles. The zero-order chi connectivity index (χ0) is 25.8. The topological polar surface area (TPSA) is 134 Å². The van der Waals surface area contributed by atoms with Gasteiger partial charge in [0.15, 0.2) is 5.82 Å². The second-order valence-electron chi connectivity index (χ2n) is 9.58. The number of H-pyrrole nitrogens is 1. The minimum Gasteiger partial charge on any atom is -0.494 e. The van der Waals surface area contributed by atoms with E-state index in [4.69, 9.17) is 4.74 Å². The number of carbonyl (C=O) groups is 1. The molecule has 10 nitrogen and oxygen atoms in total. The summed E-state index contributed by atoms with van der Waals surface area (Å²) in [7, 11) is 0. The first kappa shape index (κ1) is 24.3. The van der Waals surface area contributed by atoms with E-state index in [1.54, 1.807) is 0 Å². The van der Waals surface area contributed by atoms with Gasteiger partial charge in [0, 0.05) is 35.6 Å². The predicted molar refractivity (Wildman–Crippen MR) is 140 cm³/mol. The largest absolute Gasteiger partial charge is 0.494 e. The van der Waals surface area contributed by atoms with Gasteiger partial charge in [0.25, 0.3) is 0 Å². The van der Waals surface area contributed by atoms with Gasteiger partial charge in [-0.1, -0.05) is 17.3 Å². The van der Waals surface area contributed by atoms with Crippen LogP contribution in [0.4, 0.5) is 10.5 Å². The number of nitriles is 1. The van der Waals surface area contributed by atoms with Gasteiger partial charge >= 0.3 is 6.03 Å². The summed E-state index contributed by atoms with van der Waals surface area (Å²) in [6.07, 6.45) is 4.78. The third-order valence-electron chi connectivity index (χ3n) is 6.57. The van der Waals surface area contributed by atoms with E-state index in [9.17, 15) is 10.1 Å². The first-order valence-electron chi connectivity index (χ1n) is 12.6. The molecule has 0 bridgehead atoms. The van der Waals surface area contributed by atoms with Gasteiger partial charge in [0.05, 0.1) is 23.4 Å². The molecule has 0 radical (unpaired) electrons. The third kappa shape index (κ3) is 5.26.